The molecule has 1 heterocycles. The summed E-state index contributed by atoms with van der Waals surface area (Å²) in [5, 5.41) is 6.62. The first kappa shape index (κ1) is 13.2. The Balaban J connectivity index is 1.71. The maximum Gasteiger partial charge on any atom is 0.0406 e. The molecule has 2 aromatic rings. The lowest BCUT2D eigenvalue weighted by molar-refractivity contribution is 0.580. The van der Waals surface area contributed by atoms with Crippen molar-refractivity contribution in [3.8, 4) is 0 Å². The lowest BCUT2D eigenvalue weighted by Gasteiger charge is -2.17. The molecular formula is C16H18ClNS. The molecule has 1 fully saturated rings. The second-order valence-electron chi connectivity index (χ2n) is 5.21. The minimum atomic E-state index is 0.538. The van der Waals surface area contributed by atoms with E-state index in [2.05, 4.69) is 35.0 Å². The molecule has 0 spiro atoms. The highest BCUT2D eigenvalue weighted by molar-refractivity contribution is 7.09. The highest BCUT2D eigenvalue weighted by Crippen LogP contribution is 2.26. The summed E-state index contributed by atoms with van der Waals surface area (Å²) in [6.07, 6.45) is 3.79. The number of thiophene rings is 1. The molecular weight excluding hydrogens is 274 g/mol. The first-order valence-corrected chi connectivity index (χ1v) is 8.08. The van der Waals surface area contributed by atoms with Crippen molar-refractivity contribution < 1.29 is 0 Å². The van der Waals surface area contributed by atoms with Gasteiger partial charge in [-0.3, -0.25) is 0 Å². The van der Waals surface area contributed by atoms with Crippen LogP contribution in [0.2, 0.25) is 5.02 Å². The maximum atomic E-state index is 5.98. The van der Waals surface area contributed by atoms with Crippen LogP contribution in [0.1, 0.15) is 29.2 Å². The van der Waals surface area contributed by atoms with Gasteiger partial charge in [0.2, 0.25) is 0 Å². The molecule has 1 nitrogen and oxygen atoms in total. The second kappa shape index (κ2) is 6.08. The van der Waals surface area contributed by atoms with Gasteiger partial charge in [-0.2, -0.15) is 0 Å². The minimum absolute atomic E-state index is 0.538. The van der Waals surface area contributed by atoms with Gasteiger partial charge in [0.15, 0.2) is 0 Å². The first-order valence-electron chi connectivity index (χ1n) is 6.82. The van der Waals surface area contributed by atoms with E-state index in [0.717, 1.165) is 24.0 Å². The van der Waals surface area contributed by atoms with Crippen molar-refractivity contribution in [3.63, 3.8) is 0 Å². The van der Waals surface area contributed by atoms with Crippen molar-refractivity contribution in [3.05, 3.63) is 57.2 Å². The zero-order chi connectivity index (χ0) is 13.1. The molecule has 1 atom stereocenters. The van der Waals surface area contributed by atoms with E-state index in [4.69, 9.17) is 11.6 Å². The third-order valence-corrected chi connectivity index (χ3v) is 4.75. The van der Waals surface area contributed by atoms with Crippen molar-refractivity contribution in [1.29, 1.82) is 0 Å². The molecule has 0 amide bonds. The Bertz CT molecular complexity index is 502. The van der Waals surface area contributed by atoms with Gasteiger partial charge in [-0.1, -0.05) is 29.8 Å². The topological polar surface area (TPSA) is 12.0 Å². The summed E-state index contributed by atoms with van der Waals surface area (Å²) < 4.78 is 0. The van der Waals surface area contributed by atoms with Crippen LogP contribution in [0.15, 0.2) is 41.8 Å². The predicted molar refractivity (Wildman–Crippen MR) is 83.2 cm³/mol. The Kier molecular flexibility index (Phi) is 4.21. The van der Waals surface area contributed by atoms with Gasteiger partial charge >= 0.3 is 0 Å². The van der Waals surface area contributed by atoms with Crippen molar-refractivity contribution in [2.75, 3.05) is 6.54 Å². The molecule has 0 radical (unpaired) electrons. The van der Waals surface area contributed by atoms with E-state index in [0.29, 0.717) is 5.92 Å². The van der Waals surface area contributed by atoms with E-state index in [9.17, 15) is 0 Å². The first-order chi connectivity index (χ1) is 9.31. The Labute approximate surface area is 123 Å². The average molecular weight is 292 g/mol. The molecule has 1 aromatic carbocycles. The van der Waals surface area contributed by atoms with Gasteiger partial charge in [-0.15, -0.1) is 11.3 Å². The highest BCUT2D eigenvalue weighted by atomic mass is 35.5. The van der Waals surface area contributed by atoms with Gasteiger partial charge < -0.3 is 5.32 Å². The van der Waals surface area contributed by atoms with E-state index >= 15 is 0 Å². The zero-order valence-corrected chi connectivity index (χ0v) is 12.4. The van der Waals surface area contributed by atoms with Gasteiger partial charge in [0.1, 0.15) is 0 Å². The summed E-state index contributed by atoms with van der Waals surface area (Å²) in [5.41, 5.74) is 1.38. The number of hydrogen-bond acceptors (Lipinski definition) is 2. The minimum Gasteiger partial charge on any atom is -0.313 e. The molecule has 0 bridgehead atoms. The SMILES string of the molecule is Clc1ccc(C(CNC2CC2)Cc2cccs2)cc1. The normalized spacial score (nSPS) is 16.5. The van der Waals surface area contributed by atoms with Crippen LogP contribution in [0.25, 0.3) is 0 Å². The highest BCUT2D eigenvalue weighted by Gasteiger charge is 2.22. The van der Waals surface area contributed by atoms with Gasteiger partial charge in [-0.05, 0) is 48.4 Å². The van der Waals surface area contributed by atoms with Crippen LogP contribution in [-0.4, -0.2) is 12.6 Å². The van der Waals surface area contributed by atoms with E-state index < -0.39 is 0 Å². The molecule has 0 saturated heterocycles. The molecule has 19 heavy (non-hydrogen) atoms. The Hall–Kier alpha value is -0.830. The van der Waals surface area contributed by atoms with Gasteiger partial charge in [0, 0.05) is 28.4 Å². The van der Waals surface area contributed by atoms with Gasteiger partial charge in [-0.25, -0.2) is 0 Å². The molecule has 1 aromatic heterocycles. The van der Waals surface area contributed by atoms with E-state index in [1.165, 1.54) is 23.3 Å². The van der Waals surface area contributed by atoms with Gasteiger partial charge in [0.05, 0.1) is 0 Å². The van der Waals surface area contributed by atoms with Crippen LogP contribution >= 0.6 is 22.9 Å². The van der Waals surface area contributed by atoms with Crippen LogP contribution in [0.3, 0.4) is 0 Å². The molecule has 3 heteroatoms. The predicted octanol–water partition coefficient (Wildman–Crippen LogP) is 4.48. The summed E-state index contributed by atoms with van der Waals surface area (Å²) >= 11 is 7.83. The fraction of sp³-hybridized carbons (Fsp3) is 0.375. The van der Waals surface area contributed by atoms with Crippen molar-refractivity contribution in [2.45, 2.75) is 31.2 Å². The Morgan fingerprint density at radius 1 is 1.21 bits per heavy atom. The number of hydrogen-bond donors (Lipinski definition) is 1. The van der Waals surface area contributed by atoms with Crippen molar-refractivity contribution in [2.24, 2.45) is 0 Å². The third-order valence-electron chi connectivity index (χ3n) is 3.60. The summed E-state index contributed by atoms with van der Waals surface area (Å²) in [4.78, 5) is 1.46. The van der Waals surface area contributed by atoms with E-state index in [1.54, 1.807) is 0 Å². The fourth-order valence-electron chi connectivity index (χ4n) is 2.31. The molecule has 1 aliphatic carbocycles. The number of benzene rings is 1. The smallest absolute Gasteiger partial charge is 0.0406 e. The summed E-state index contributed by atoms with van der Waals surface area (Å²) in [6.45, 7) is 1.06. The molecule has 1 saturated carbocycles. The largest absolute Gasteiger partial charge is 0.313 e. The van der Waals surface area contributed by atoms with Crippen LogP contribution in [0.5, 0.6) is 0 Å². The van der Waals surface area contributed by atoms with Crippen molar-refractivity contribution in [1.82, 2.24) is 5.32 Å². The molecule has 1 unspecified atom stereocenters. The summed E-state index contributed by atoms with van der Waals surface area (Å²) in [6, 6.07) is 13.4. The fourth-order valence-corrected chi connectivity index (χ4v) is 3.22. The van der Waals surface area contributed by atoms with E-state index in [1.807, 2.05) is 23.5 Å². The molecule has 0 aliphatic heterocycles. The molecule has 1 N–H and O–H groups in total. The van der Waals surface area contributed by atoms with E-state index in [-0.39, 0.29) is 0 Å². The molecule has 100 valence electrons. The standard InChI is InChI=1S/C16H18ClNS/c17-14-5-3-12(4-6-14)13(11-18-15-7-8-15)10-16-2-1-9-19-16/h1-6,9,13,15,18H,7-8,10-11H2. The number of halogens is 1. The maximum absolute atomic E-state index is 5.98. The van der Waals surface area contributed by atoms with Crippen molar-refractivity contribution >= 4 is 22.9 Å². The summed E-state index contributed by atoms with van der Waals surface area (Å²) in [7, 11) is 0. The number of rotatable bonds is 6. The Morgan fingerprint density at radius 3 is 2.63 bits per heavy atom. The molecule has 1 aliphatic rings. The lowest BCUT2D eigenvalue weighted by Crippen LogP contribution is -2.24. The Morgan fingerprint density at radius 2 is 2.00 bits per heavy atom. The quantitative estimate of drug-likeness (QED) is 0.827. The van der Waals surface area contributed by atoms with Crippen LogP contribution < -0.4 is 5.32 Å². The van der Waals surface area contributed by atoms with Crippen LogP contribution in [0, 0.1) is 0 Å². The monoisotopic (exact) mass is 291 g/mol. The van der Waals surface area contributed by atoms with Gasteiger partial charge in [0.25, 0.3) is 0 Å². The average Bonchev–Trinajstić information content (AvgIpc) is 3.11. The number of nitrogens with one attached hydrogen (secondary N) is 1. The van der Waals surface area contributed by atoms with Crippen LogP contribution in [-0.2, 0) is 6.42 Å². The second-order valence-corrected chi connectivity index (χ2v) is 6.68. The zero-order valence-electron chi connectivity index (χ0n) is 10.8. The van der Waals surface area contributed by atoms with Crippen LogP contribution in [0.4, 0.5) is 0 Å². The lowest BCUT2D eigenvalue weighted by atomic mass is 9.95. The molecule has 3 rings (SSSR count). The summed E-state index contributed by atoms with van der Waals surface area (Å²) in [5.74, 6) is 0.538. The third kappa shape index (κ3) is 3.82.